The first-order chi connectivity index (χ1) is 9.02. The normalized spacial score (nSPS) is 11.3. The molecule has 1 rings (SSSR count). The highest BCUT2D eigenvalue weighted by molar-refractivity contribution is 5.72. The highest BCUT2D eigenvalue weighted by atomic mass is 16.1. The molecule has 0 N–H and O–H groups in total. The van der Waals surface area contributed by atoms with Gasteiger partial charge >= 0.3 is 0 Å². The smallest absolute Gasteiger partial charge is 0.215 e. The van der Waals surface area contributed by atoms with Gasteiger partial charge < -0.3 is 9.80 Å². The number of nitrogens with zero attached hydrogens (tertiary/aromatic N) is 5. The van der Waals surface area contributed by atoms with Crippen LogP contribution in [0.1, 0.15) is 6.42 Å². The summed E-state index contributed by atoms with van der Waals surface area (Å²) in [6, 6.07) is 1.89. The molecule has 0 saturated heterocycles. The second kappa shape index (κ2) is 7.91. The van der Waals surface area contributed by atoms with Crippen molar-refractivity contribution in [1.29, 1.82) is 0 Å². The Labute approximate surface area is 115 Å². The lowest BCUT2D eigenvalue weighted by atomic mass is 10.4. The molecule has 1 heterocycles. The summed E-state index contributed by atoms with van der Waals surface area (Å²) in [5.41, 5.74) is 0. The maximum Gasteiger partial charge on any atom is 0.215 e. The maximum absolute atomic E-state index is 11.1. The van der Waals surface area contributed by atoms with E-state index in [0.29, 0.717) is 6.54 Å². The van der Waals surface area contributed by atoms with Gasteiger partial charge in [0.25, 0.3) is 0 Å². The molecule has 1 aromatic rings. The predicted octanol–water partition coefficient (Wildman–Crippen LogP) is 0.359. The van der Waals surface area contributed by atoms with E-state index in [9.17, 15) is 4.79 Å². The molecule has 0 bridgehead atoms. The Bertz CT molecular complexity index is 375. The van der Waals surface area contributed by atoms with Crippen molar-refractivity contribution in [1.82, 2.24) is 19.6 Å². The van der Waals surface area contributed by atoms with Crippen molar-refractivity contribution in [3.8, 4) is 0 Å². The summed E-state index contributed by atoms with van der Waals surface area (Å²) in [7, 11) is 8.10. The van der Waals surface area contributed by atoms with E-state index in [1.165, 1.54) is 0 Å². The lowest BCUT2D eigenvalue weighted by molar-refractivity contribution is -0.107. The van der Waals surface area contributed by atoms with Crippen LogP contribution in [0.5, 0.6) is 0 Å². The Balaban J connectivity index is 2.49. The molecule has 0 aliphatic carbocycles. The number of rotatable bonds is 9. The molecular weight excluding hydrogens is 242 g/mol. The molecule has 0 radical (unpaired) electrons. The van der Waals surface area contributed by atoms with E-state index in [2.05, 4.69) is 24.1 Å². The van der Waals surface area contributed by atoms with Crippen molar-refractivity contribution in [3.05, 3.63) is 12.3 Å². The molecule has 0 aliphatic heterocycles. The van der Waals surface area contributed by atoms with E-state index >= 15 is 0 Å². The molecule has 6 heteroatoms. The number of likely N-dealkylation sites (N-methyl/N-ethyl adjacent to an activating group) is 1. The largest absolute Gasteiger partial charge is 0.309 e. The molecule has 0 fully saturated rings. The third kappa shape index (κ3) is 5.85. The standard InChI is InChI=1S/C13H25N5O/c1-15(2)7-5-8-18-9-6-13(14-18)17(12-19)11-10-16(3)4/h6,9,12H,5,7-8,10-11H2,1-4H3. The van der Waals surface area contributed by atoms with Crippen LogP contribution in [0.25, 0.3) is 0 Å². The molecule has 19 heavy (non-hydrogen) atoms. The van der Waals surface area contributed by atoms with E-state index < -0.39 is 0 Å². The van der Waals surface area contributed by atoms with E-state index in [0.717, 1.165) is 38.3 Å². The number of anilines is 1. The fraction of sp³-hybridized carbons (Fsp3) is 0.692. The number of carbonyl (C=O) groups is 1. The molecular formula is C13H25N5O. The first kappa shape index (κ1) is 15.7. The van der Waals surface area contributed by atoms with Gasteiger partial charge in [-0.25, -0.2) is 0 Å². The van der Waals surface area contributed by atoms with E-state index in [1.807, 2.05) is 35.9 Å². The Kier molecular flexibility index (Phi) is 6.52. The summed E-state index contributed by atoms with van der Waals surface area (Å²) in [6.45, 7) is 3.39. The Hall–Kier alpha value is -1.40. The third-order valence-electron chi connectivity index (χ3n) is 2.83. The van der Waals surface area contributed by atoms with Crippen molar-refractivity contribution in [3.63, 3.8) is 0 Å². The zero-order chi connectivity index (χ0) is 14.3. The number of hydrogen-bond acceptors (Lipinski definition) is 4. The number of aryl methyl sites for hydroxylation is 1. The van der Waals surface area contributed by atoms with Gasteiger partial charge in [-0.15, -0.1) is 0 Å². The van der Waals surface area contributed by atoms with Crippen LogP contribution < -0.4 is 4.90 Å². The predicted molar refractivity (Wildman–Crippen MR) is 77.4 cm³/mol. The van der Waals surface area contributed by atoms with E-state index in [4.69, 9.17) is 0 Å². The van der Waals surface area contributed by atoms with Crippen LogP contribution in [0.15, 0.2) is 12.3 Å². The molecule has 0 unspecified atom stereocenters. The van der Waals surface area contributed by atoms with Gasteiger partial charge in [0, 0.05) is 31.9 Å². The highest BCUT2D eigenvalue weighted by Gasteiger charge is 2.08. The molecule has 0 aliphatic rings. The fourth-order valence-corrected chi connectivity index (χ4v) is 1.71. The highest BCUT2D eigenvalue weighted by Crippen LogP contribution is 2.08. The second-order valence-corrected chi connectivity index (χ2v) is 5.20. The van der Waals surface area contributed by atoms with Gasteiger partial charge in [0.1, 0.15) is 0 Å². The van der Waals surface area contributed by atoms with Crippen molar-refractivity contribution < 1.29 is 4.79 Å². The number of amides is 1. The van der Waals surface area contributed by atoms with Crippen LogP contribution in [-0.4, -0.2) is 73.8 Å². The van der Waals surface area contributed by atoms with Crippen molar-refractivity contribution in [2.45, 2.75) is 13.0 Å². The molecule has 0 spiro atoms. The third-order valence-corrected chi connectivity index (χ3v) is 2.83. The quantitative estimate of drug-likeness (QED) is 0.606. The van der Waals surface area contributed by atoms with Crippen LogP contribution in [0, 0.1) is 0 Å². The van der Waals surface area contributed by atoms with Crippen LogP contribution in [0.2, 0.25) is 0 Å². The summed E-state index contributed by atoms with van der Waals surface area (Å²) in [4.78, 5) is 16.9. The van der Waals surface area contributed by atoms with Crippen LogP contribution in [-0.2, 0) is 11.3 Å². The van der Waals surface area contributed by atoms with Gasteiger partial charge in [0.15, 0.2) is 5.82 Å². The second-order valence-electron chi connectivity index (χ2n) is 5.20. The minimum absolute atomic E-state index is 0.658. The number of hydrogen-bond donors (Lipinski definition) is 0. The zero-order valence-corrected chi connectivity index (χ0v) is 12.4. The summed E-state index contributed by atoms with van der Waals surface area (Å²) in [5, 5.41) is 4.43. The maximum atomic E-state index is 11.1. The molecule has 6 nitrogen and oxygen atoms in total. The SMILES string of the molecule is CN(C)CCCn1ccc(N(C=O)CCN(C)C)n1. The Morgan fingerprint density at radius 3 is 2.42 bits per heavy atom. The molecule has 1 amide bonds. The molecule has 0 atom stereocenters. The van der Waals surface area contributed by atoms with Gasteiger partial charge in [0.05, 0.1) is 0 Å². The average Bonchev–Trinajstić information content (AvgIpc) is 2.78. The summed E-state index contributed by atoms with van der Waals surface area (Å²) in [6.07, 6.45) is 3.82. The zero-order valence-electron chi connectivity index (χ0n) is 12.4. The lowest BCUT2D eigenvalue weighted by Gasteiger charge is -2.17. The summed E-state index contributed by atoms with van der Waals surface area (Å²) in [5.74, 6) is 0.724. The van der Waals surface area contributed by atoms with E-state index in [1.54, 1.807) is 4.90 Å². The van der Waals surface area contributed by atoms with Gasteiger partial charge in [0.2, 0.25) is 6.41 Å². The summed E-state index contributed by atoms with van der Waals surface area (Å²) < 4.78 is 1.89. The fourth-order valence-electron chi connectivity index (χ4n) is 1.71. The molecule has 108 valence electrons. The molecule has 0 aromatic carbocycles. The molecule has 1 aromatic heterocycles. The first-order valence-electron chi connectivity index (χ1n) is 6.58. The van der Waals surface area contributed by atoms with Crippen molar-refractivity contribution >= 4 is 12.2 Å². The average molecular weight is 267 g/mol. The van der Waals surface area contributed by atoms with Crippen molar-refractivity contribution in [2.24, 2.45) is 0 Å². The van der Waals surface area contributed by atoms with Crippen LogP contribution >= 0.6 is 0 Å². The van der Waals surface area contributed by atoms with Gasteiger partial charge in [-0.2, -0.15) is 5.10 Å². The van der Waals surface area contributed by atoms with Gasteiger partial charge in [-0.3, -0.25) is 14.4 Å². The van der Waals surface area contributed by atoms with Crippen LogP contribution in [0.4, 0.5) is 5.82 Å². The Morgan fingerprint density at radius 2 is 1.84 bits per heavy atom. The van der Waals surface area contributed by atoms with Crippen LogP contribution in [0.3, 0.4) is 0 Å². The minimum Gasteiger partial charge on any atom is -0.309 e. The first-order valence-corrected chi connectivity index (χ1v) is 6.58. The van der Waals surface area contributed by atoms with Gasteiger partial charge in [-0.1, -0.05) is 0 Å². The minimum atomic E-state index is 0.658. The lowest BCUT2D eigenvalue weighted by Crippen LogP contribution is -2.31. The Morgan fingerprint density at radius 1 is 1.16 bits per heavy atom. The number of carbonyl (C=O) groups excluding carboxylic acids is 1. The molecule has 0 saturated carbocycles. The van der Waals surface area contributed by atoms with E-state index in [-0.39, 0.29) is 0 Å². The van der Waals surface area contributed by atoms with Gasteiger partial charge in [-0.05, 0) is 41.2 Å². The monoisotopic (exact) mass is 267 g/mol. The number of aromatic nitrogens is 2. The van der Waals surface area contributed by atoms with Crippen molar-refractivity contribution in [2.75, 3.05) is 52.7 Å². The summed E-state index contributed by atoms with van der Waals surface area (Å²) >= 11 is 0. The topological polar surface area (TPSA) is 44.6 Å².